The van der Waals surface area contributed by atoms with Crippen LogP contribution in [0.5, 0.6) is 5.75 Å². The van der Waals surface area contributed by atoms with Crippen molar-refractivity contribution in [2.75, 3.05) is 0 Å². The molecule has 0 saturated heterocycles. The fourth-order valence-electron chi connectivity index (χ4n) is 5.09. The first-order valence-electron chi connectivity index (χ1n) is 11.7. The maximum absolute atomic E-state index is 11.7. The Labute approximate surface area is 202 Å². The lowest BCUT2D eigenvalue weighted by Crippen LogP contribution is -2.26. The van der Waals surface area contributed by atoms with Crippen LogP contribution in [0, 0.1) is 5.41 Å². The summed E-state index contributed by atoms with van der Waals surface area (Å²) in [6.07, 6.45) is 1.04. The number of hydrogen-bond donors (Lipinski definition) is 1. The summed E-state index contributed by atoms with van der Waals surface area (Å²) in [6.45, 7) is 15.9. The lowest BCUT2D eigenvalue weighted by Gasteiger charge is -2.35. The third kappa shape index (κ3) is 4.70. The third-order valence-corrected chi connectivity index (χ3v) is 7.63. The van der Waals surface area contributed by atoms with Crippen LogP contribution in [-0.4, -0.2) is 10.1 Å². The quantitative estimate of drug-likeness (QED) is 0.325. The van der Waals surface area contributed by atoms with Crippen LogP contribution in [-0.2, 0) is 10.8 Å². The fourth-order valence-corrected chi connectivity index (χ4v) is 6.07. The summed E-state index contributed by atoms with van der Waals surface area (Å²) in [5.74, 6) is 0.332. The molecule has 0 aliphatic rings. The van der Waals surface area contributed by atoms with E-state index in [0.717, 1.165) is 32.8 Å². The van der Waals surface area contributed by atoms with Crippen LogP contribution < -0.4 is 0 Å². The topological polar surface area (TPSA) is 33.1 Å². The van der Waals surface area contributed by atoms with E-state index in [1.54, 1.807) is 11.3 Å². The number of nitrogens with zero attached hydrogens (tertiary/aromatic N) is 1. The second-order valence-electron chi connectivity index (χ2n) is 11.5. The van der Waals surface area contributed by atoms with Crippen LogP contribution in [0.4, 0.5) is 0 Å². The first kappa shape index (κ1) is 23.5. The predicted molar refractivity (Wildman–Crippen MR) is 142 cm³/mol. The van der Waals surface area contributed by atoms with Gasteiger partial charge in [0.25, 0.3) is 0 Å². The number of thiazole rings is 1. The van der Waals surface area contributed by atoms with Crippen molar-refractivity contribution in [2.24, 2.45) is 5.41 Å². The van der Waals surface area contributed by atoms with Gasteiger partial charge in [0, 0.05) is 11.0 Å². The average Bonchev–Trinajstić information content (AvgIpc) is 3.16. The number of benzene rings is 3. The van der Waals surface area contributed by atoms with Crippen molar-refractivity contribution < 1.29 is 5.11 Å². The van der Waals surface area contributed by atoms with Gasteiger partial charge in [-0.15, -0.1) is 11.3 Å². The molecule has 172 valence electrons. The van der Waals surface area contributed by atoms with Crippen LogP contribution in [0.2, 0.25) is 0 Å². The second-order valence-corrected chi connectivity index (χ2v) is 12.5. The van der Waals surface area contributed by atoms with E-state index in [1.807, 2.05) is 24.3 Å². The highest BCUT2D eigenvalue weighted by Crippen LogP contribution is 2.47. The molecule has 0 amide bonds. The minimum absolute atomic E-state index is 0.0566. The molecule has 0 atom stereocenters. The van der Waals surface area contributed by atoms with Crippen LogP contribution in [0.15, 0.2) is 66.7 Å². The summed E-state index contributed by atoms with van der Waals surface area (Å²) < 4.78 is 1.13. The zero-order chi connectivity index (χ0) is 24.0. The molecule has 4 aromatic rings. The van der Waals surface area contributed by atoms with Crippen molar-refractivity contribution in [3.8, 4) is 16.3 Å². The molecular weight excluding hydrogens is 422 g/mol. The SMILES string of the molecule is CC(C)(C)CC(C)(C)c1cc(-c2nc3ccccc3s2)c(O)c(C(C)(C)c2ccccc2)c1. The molecule has 0 fully saturated rings. The van der Waals surface area contributed by atoms with Crippen molar-refractivity contribution in [3.63, 3.8) is 0 Å². The third-order valence-electron chi connectivity index (χ3n) is 6.56. The molecule has 1 heterocycles. The molecule has 33 heavy (non-hydrogen) atoms. The number of aromatic nitrogens is 1. The molecule has 3 heteroatoms. The van der Waals surface area contributed by atoms with Gasteiger partial charge in [-0.2, -0.15) is 0 Å². The van der Waals surface area contributed by atoms with Crippen molar-refractivity contribution in [1.82, 2.24) is 4.98 Å². The Kier molecular flexibility index (Phi) is 5.90. The molecule has 2 nitrogen and oxygen atoms in total. The van der Waals surface area contributed by atoms with E-state index < -0.39 is 0 Å². The molecule has 0 radical (unpaired) electrons. The van der Waals surface area contributed by atoms with Crippen molar-refractivity contribution in [3.05, 3.63) is 83.4 Å². The largest absolute Gasteiger partial charge is 0.507 e. The average molecular weight is 458 g/mol. The molecule has 0 saturated carbocycles. The summed E-state index contributed by atoms with van der Waals surface area (Å²) in [7, 11) is 0. The molecule has 1 aromatic heterocycles. The molecule has 0 aliphatic carbocycles. The molecular formula is C30H35NOS. The summed E-state index contributed by atoms with van der Waals surface area (Å²) in [4.78, 5) is 4.90. The zero-order valence-electron chi connectivity index (χ0n) is 20.9. The minimum Gasteiger partial charge on any atom is -0.507 e. The monoisotopic (exact) mass is 457 g/mol. The van der Waals surface area contributed by atoms with Crippen molar-refractivity contribution in [2.45, 2.75) is 65.7 Å². The van der Waals surface area contributed by atoms with E-state index in [4.69, 9.17) is 4.98 Å². The molecule has 0 bridgehead atoms. The number of fused-ring (bicyclic) bond motifs is 1. The van der Waals surface area contributed by atoms with Crippen molar-refractivity contribution in [1.29, 1.82) is 0 Å². The van der Waals surface area contributed by atoms with Gasteiger partial charge in [-0.1, -0.05) is 97.0 Å². The van der Waals surface area contributed by atoms with Gasteiger partial charge in [0.2, 0.25) is 0 Å². The maximum atomic E-state index is 11.7. The van der Waals surface area contributed by atoms with Gasteiger partial charge in [0.1, 0.15) is 10.8 Å². The first-order valence-corrected chi connectivity index (χ1v) is 12.5. The minimum atomic E-state index is -0.357. The number of phenolic OH excluding ortho intramolecular Hbond substituents is 1. The highest BCUT2D eigenvalue weighted by atomic mass is 32.1. The first-order chi connectivity index (χ1) is 15.4. The van der Waals surface area contributed by atoms with Gasteiger partial charge >= 0.3 is 0 Å². The number of aromatic hydroxyl groups is 1. The van der Waals surface area contributed by atoms with E-state index in [2.05, 4.69) is 90.9 Å². The number of hydrogen-bond acceptors (Lipinski definition) is 3. The van der Waals surface area contributed by atoms with E-state index in [-0.39, 0.29) is 16.2 Å². The van der Waals surface area contributed by atoms with Gasteiger partial charge in [0.05, 0.1) is 15.8 Å². The van der Waals surface area contributed by atoms with Gasteiger partial charge in [-0.25, -0.2) is 4.98 Å². The van der Waals surface area contributed by atoms with Crippen LogP contribution in [0.25, 0.3) is 20.8 Å². The normalized spacial score (nSPS) is 12.9. The van der Waals surface area contributed by atoms with Crippen LogP contribution in [0.1, 0.15) is 71.6 Å². The Hall–Kier alpha value is -2.65. The number of phenols is 1. The molecule has 0 spiro atoms. The molecule has 0 unspecified atom stereocenters. The zero-order valence-corrected chi connectivity index (χ0v) is 21.7. The van der Waals surface area contributed by atoms with Gasteiger partial charge in [0.15, 0.2) is 0 Å². The fraction of sp³-hybridized carbons (Fsp3) is 0.367. The highest BCUT2D eigenvalue weighted by Gasteiger charge is 2.33. The summed E-state index contributed by atoms with van der Waals surface area (Å²) in [6, 6.07) is 23.0. The van der Waals surface area contributed by atoms with Gasteiger partial charge in [-0.3, -0.25) is 0 Å². The predicted octanol–water partition coefficient (Wildman–Crippen LogP) is 8.71. The van der Waals surface area contributed by atoms with E-state index in [0.29, 0.717) is 5.75 Å². The summed E-state index contributed by atoms with van der Waals surface area (Å²) >= 11 is 1.64. The molecule has 3 aromatic carbocycles. The molecule has 4 rings (SSSR count). The molecule has 1 N–H and O–H groups in total. The van der Waals surface area contributed by atoms with E-state index >= 15 is 0 Å². The Bertz CT molecular complexity index is 1240. The summed E-state index contributed by atoms with van der Waals surface area (Å²) in [5, 5.41) is 12.5. The Morgan fingerprint density at radius 3 is 2.06 bits per heavy atom. The van der Waals surface area contributed by atoms with Gasteiger partial charge < -0.3 is 5.11 Å². The molecule has 0 aliphatic heterocycles. The Morgan fingerprint density at radius 1 is 0.788 bits per heavy atom. The number of rotatable bonds is 5. The summed E-state index contributed by atoms with van der Waals surface area (Å²) in [5.41, 5.74) is 4.94. The van der Waals surface area contributed by atoms with Crippen molar-refractivity contribution >= 4 is 21.6 Å². The maximum Gasteiger partial charge on any atom is 0.129 e. The van der Waals surface area contributed by atoms with E-state index in [1.165, 1.54) is 11.1 Å². The smallest absolute Gasteiger partial charge is 0.129 e. The van der Waals surface area contributed by atoms with Crippen LogP contribution in [0.3, 0.4) is 0 Å². The Balaban J connectivity index is 1.97. The second kappa shape index (κ2) is 8.29. The standard InChI is InChI=1S/C30H35NOS/c1-28(2,3)19-29(4,5)21-17-22(27-31-24-15-11-12-16-25(24)33-27)26(32)23(18-21)30(6,7)20-13-9-8-10-14-20/h8-18,32H,19H2,1-7H3. The van der Waals surface area contributed by atoms with Crippen LogP contribution >= 0.6 is 11.3 Å². The lowest BCUT2D eigenvalue weighted by molar-refractivity contribution is 0.283. The highest BCUT2D eigenvalue weighted by molar-refractivity contribution is 7.21. The van der Waals surface area contributed by atoms with Gasteiger partial charge in [-0.05, 0) is 46.6 Å². The number of para-hydroxylation sites is 1. The van der Waals surface area contributed by atoms with E-state index in [9.17, 15) is 5.11 Å². The Morgan fingerprint density at radius 2 is 1.42 bits per heavy atom. The lowest BCUT2D eigenvalue weighted by atomic mass is 9.69.